The molecule has 2 rings (SSSR count). The van der Waals surface area contributed by atoms with Gasteiger partial charge >= 0.3 is 0 Å². The monoisotopic (exact) mass is 328 g/mol. The van der Waals surface area contributed by atoms with Crippen molar-refractivity contribution in [1.29, 1.82) is 0 Å². The van der Waals surface area contributed by atoms with Crippen molar-refractivity contribution in [3.05, 3.63) is 17.6 Å². The first-order valence-electron chi connectivity index (χ1n) is 7.47. The van der Waals surface area contributed by atoms with Crippen molar-refractivity contribution < 1.29 is 13.2 Å². The standard InChI is InChI=1S/C14H24N4O3S/c1-11-10-13(15-7-9-21-2)17-14(16-11)12-6-4-5-8-18(12)22(3,19)20/h10,12H,4-9H2,1-3H3,(H,15,16,17)/t12-/m0/s1. The molecule has 1 aromatic rings. The molecule has 2 heterocycles. The van der Waals surface area contributed by atoms with Gasteiger partial charge in [-0.2, -0.15) is 4.31 Å². The lowest BCUT2D eigenvalue weighted by molar-refractivity contribution is 0.210. The molecule has 0 amide bonds. The zero-order valence-corrected chi connectivity index (χ0v) is 14.2. The van der Waals surface area contributed by atoms with Gasteiger partial charge in [0.25, 0.3) is 0 Å². The maximum atomic E-state index is 12.0. The molecule has 0 unspecified atom stereocenters. The molecule has 0 radical (unpaired) electrons. The van der Waals surface area contributed by atoms with Crippen LogP contribution in [0.25, 0.3) is 0 Å². The van der Waals surface area contributed by atoms with Gasteiger partial charge in [-0.1, -0.05) is 6.42 Å². The quantitative estimate of drug-likeness (QED) is 0.793. The molecule has 8 heteroatoms. The molecule has 0 spiro atoms. The fraction of sp³-hybridized carbons (Fsp3) is 0.714. The number of aromatic nitrogens is 2. The van der Waals surface area contributed by atoms with Gasteiger partial charge in [-0.25, -0.2) is 18.4 Å². The molecule has 0 aromatic carbocycles. The number of sulfonamides is 1. The Kier molecular flexibility index (Phi) is 5.71. The van der Waals surface area contributed by atoms with Crippen LogP contribution >= 0.6 is 0 Å². The summed E-state index contributed by atoms with van der Waals surface area (Å²) in [7, 11) is -1.61. The average Bonchev–Trinajstić information content (AvgIpc) is 2.46. The van der Waals surface area contributed by atoms with Crippen molar-refractivity contribution in [2.24, 2.45) is 0 Å². The predicted molar refractivity (Wildman–Crippen MR) is 85.3 cm³/mol. The summed E-state index contributed by atoms with van der Waals surface area (Å²) in [6.07, 6.45) is 3.88. The molecule has 1 aromatic heterocycles. The minimum absolute atomic E-state index is 0.272. The summed E-state index contributed by atoms with van der Waals surface area (Å²) in [5, 5.41) is 3.18. The molecule has 1 aliphatic heterocycles. The fourth-order valence-corrected chi connectivity index (χ4v) is 3.79. The van der Waals surface area contributed by atoms with Crippen molar-refractivity contribution in [3.63, 3.8) is 0 Å². The Morgan fingerprint density at radius 2 is 2.18 bits per heavy atom. The molecule has 22 heavy (non-hydrogen) atoms. The lowest BCUT2D eigenvalue weighted by Gasteiger charge is -2.32. The van der Waals surface area contributed by atoms with E-state index in [9.17, 15) is 8.42 Å². The van der Waals surface area contributed by atoms with Gasteiger partial charge in [0, 0.05) is 32.0 Å². The fourth-order valence-electron chi connectivity index (χ4n) is 2.67. The summed E-state index contributed by atoms with van der Waals surface area (Å²) in [5.74, 6) is 1.28. The number of methoxy groups -OCH3 is 1. The van der Waals surface area contributed by atoms with Crippen molar-refractivity contribution in [2.45, 2.75) is 32.2 Å². The molecule has 0 aliphatic carbocycles. The van der Waals surface area contributed by atoms with Crippen LogP contribution in [0.5, 0.6) is 0 Å². The second kappa shape index (κ2) is 7.34. The van der Waals surface area contributed by atoms with Crippen LogP contribution in [0.15, 0.2) is 6.07 Å². The average molecular weight is 328 g/mol. The summed E-state index contributed by atoms with van der Waals surface area (Å²) < 4.78 is 30.5. The molecule has 1 aliphatic rings. The van der Waals surface area contributed by atoms with Crippen LogP contribution in [-0.4, -0.2) is 55.8 Å². The maximum Gasteiger partial charge on any atom is 0.211 e. The smallest absolute Gasteiger partial charge is 0.211 e. The summed E-state index contributed by atoms with van der Waals surface area (Å²) in [6, 6.07) is 1.58. The second-order valence-corrected chi connectivity index (χ2v) is 7.49. The zero-order chi connectivity index (χ0) is 16.2. The molecular weight excluding hydrogens is 304 g/mol. The second-order valence-electron chi connectivity index (χ2n) is 5.56. The van der Waals surface area contributed by atoms with Crippen molar-refractivity contribution in [2.75, 3.05) is 38.4 Å². The van der Waals surface area contributed by atoms with Crippen molar-refractivity contribution >= 4 is 15.8 Å². The van der Waals surface area contributed by atoms with E-state index in [0.717, 1.165) is 25.0 Å². The van der Waals surface area contributed by atoms with E-state index in [1.54, 1.807) is 7.11 Å². The van der Waals surface area contributed by atoms with E-state index in [4.69, 9.17) is 4.74 Å². The third kappa shape index (κ3) is 4.37. The van der Waals surface area contributed by atoms with E-state index in [1.807, 2.05) is 13.0 Å². The number of piperidine rings is 1. The van der Waals surface area contributed by atoms with E-state index >= 15 is 0 Å². The summed E-state index contributed by atoms with van der Waals surface area (Å²) >= 11 is 0. The van der Waals surface area contributed by atoms with Crippen molar-refractivity contribution in [1.82, 2.24) is 14.3 Å². The Morgan fingerprint density at radius 3 is 2.86 bits per heavy atom. The van der Waals surface area contributed by atoms with Gasteiger partial charge in [0.05, 0.1) is 18.9 Å². The van der Waals surface area contributed by atoms with Gasteiger partial charge in [0.15, 0.2) is 0 Å². The number of ether oxygens (including phenoxy) is 1. The lowest BCUT2D eigenvalue weighted by Crippen LogP contribution is -2.38. The predicted octanol–water partition coefficient (Wildman–Crippen LogP) is 1.33. The van der Waals surface area contributed by atoms with Gasteiger partial charge in [-0.05, 0) is 19.8 Å². The Morgan fingerprint density at radius 1 is 1.41 bits per heavy atom. The van der Waals surface area contributed by atoms with Gasteiger partial charge in [0.2, 0.25) is 10.0 Å². The topological polar surface area (TPSA) is 84.4 Å². The van der Waals surface area contributed by atoms with Gasteiger partial charge in [0.1, 0.15) is 11.6 Å². The first-order chi connectivity index (χ1) is 10.4. The minimum Gasteiger partial charge on any atom is -0.383 e. The van der Waals surface area contributed by atoms with Crippen LogP contribution in [-0.2, 0) is 14.8 Å². The van der Waals surface area contributed by atoms with Crippen LogP contribution in [0, 0.1) is 6.92 Å². The van der Waals surface area contributed by atoms with Crippen LogP contribution in [0.1, 0.15) is 36.8 Å². The normalized spacial score (nSPS) is 20.0. The van der Waals surface area contributed by atoms with E-state index in [1.165, 1.54) is 10.6 Å². The Hall–Kier alpha value is -1.25. The van der Waals surface area contributed by atoms with Gasteiger partial charge in [-0.15, -0.1) is 0 Å². The van der Waals surface area contributed by atoms with Crippen molar-refractivity contribution in [3.8, 4) is 0 Å². The maximum absolute atomic E-state index is 12.0. The number of aryl methyl sites for hydroxylation is 1. The van der Waals surface area contributed by atoms with E-state index < -0.39 is 10.0 Å². The number of rotatable bonds is 6. The molecule has 7 nitrogen and oxygen atoms in total. The van der Waals surface area contributed by atoms with Gasteiger partial charge in [-0.3, -0.25) is 0 Å². The number of hydrogen-bond donors (Lipinski definition) is 1. The Bertz CT molecular complexity index is 606. The number of nitrogens with zero attached hydrogens (tertiary/aromatic N) is 3. The molecule has 1 atom stereocenters. The highest BCUT2D eigenvalue weighted by atomic mass is 32.2. The van der Waals surface area contributed by atoms with Crippen LogP contribution < -0.4 is 5.32 Å². The highest BCUT2D eigenvalue weighted by molar-refractivity contribution is 7.88. The minimum atomic E-state index is -3.26. The van der Waals surface area contributed by atoms with E-state index in [0.29, 0.717) is 31.3 Å². The lowest BCUT2D eigenvalue weighted by atomic mass is 10.0. The number of anilines is 1. The molecule has 1 fully saturated rings. The molecule has 124 valence electrons. The van der Waals surface area contributed by atoms with Crippen LogP contribution in [0.4, 0.5) is 5.82 Å². The van der Waals surface area contributed by atoms with Crippen LogP contribution in [0.2, 0.25) is 0 Å². The first kappa shape index (κ1) is 17.1. The molecule has 1 saturated heterocycles. The Labute approximate surface area is 132 Å². The highest BCUT2D eigenvalue weighted by Gasteiger charge is 2.32. The van der Waals surface area contributed by atoms with E-state index in [2.05, 4.69) is 15.3 Å². The summed E-state index contributed by atoms with van der Waals surface area (Å²) in [5.41, 5.74) is 0.823. The number of nitrogens with one attached hydrogen (secondary N) is 1. The van der Waals surface area contributed by atoms with Crippen LogP contribution in [0.3, 0.4) is 0 Å². The highest BCUT2D eigenvalue weighted by Crippen LogP contribution is 2.31. The number of hydrogen-bond acceptors (Lipinski definition) is 6. The largest absolute Gasteiger partial charge is 0.383 e. The molecule has 0 saturated carbocycles. The summed E-state index contributed by atoms with van der Waals surface area (Å²) in [6.45, 7) is 3.65. The SMILES string of the molecule is COCCNc1cc(C)nc([C@@H]2CCCCN2S(C)(=O)=O)n1. The third-order valence-electron chi connectivity index (χ3n) is 3.66. The molecule has 1 N–H and O–H groups in total. The summed E-state index contributed by atoms with van der Waals surface area (Å²) in [4.78, 5) is 8.97. The molecular formula is C14H24N4O3S. The van der Waals surface area contributed by atoms with Gasteiger partial charge < -0.3 is 10.1 Å². The molecule has 0 bridgehead atoms. The Balaban J connectivity index is 2.25. The third-order valence-corrected chi connectivity index (χ3v) is 4.95. The zero-order valence-electron chi connectivity index (χ0n) is 13.4. The first-order valence-corrected chi connectivity index (χ1v) is 9.32. The van der Waals surface area contributed by atoms with E-state index in [-0.39, 0.29) is 6.04 Å².